The molecule has 0 spiro atoms. The summed E-state index contributed by atoms with van der Waals surface area (Å²) in [4.78, 5) is 0. The quantitative estimate of drug-likeness (QED) is 0.561. The van der Waals surface area contributed by atoms with Gasteiger partial charge in [-0.05, 0) is 37.2 Å². The fourth-order valence-corrected chi connectivity index (χ4v) is 3.90. The van der Waals surface area contributed by atoms with Gasteiger partial charge in [-0.25, -0.2) is 0 Å². The first-order chi connectivity index (χ1) is 8.86. The van der Waals surface area contributed by atoms with Crippen molar-refractivity contribution in [2.24, 2.45) is 0 Å². The van der Waals surface area contributed by atoms with Crippen molar-refractivity contribution in [3.8, 4) is 0 Å². The second kappa shape index (κ2) is 11.2. The lowest BCUT2D eigenvalue weighted by molar-refractivity contribution is 0.356. The molecule has 2 heteroatoms. The van der Waals surface area contributed by atoms with Gasteiger partial charge in [-0.15, -0.1) is 0 Å². The topological polar surface area (TPSA) is 12.0 Å². The van der Waals surface area contributed by atoms with Crippen molar-refractivity contribution in [3.05, 3.63) is 0 Å². The van der Waals surface area contributed by atoms with E-state index in [0.717, 1.165) is 12.1 Å². The second-order valence-corrected chi connectivity index (χ2v) is 6.97. The number of thioether (sulfide) groups is 1. The summed E-state index contributed by atoms with van der Waals surface area (Å²) in [6.45, 7) is 4.61. The maximum Gasteiger partial charge on any atom is 0.00853 e. The maximum atomic E-state index is 3.96. The Morgan fingerprint density at radius 3 is 2.00 bits per heavy atom. The summed E-state index contributed by atoms with van der Waals surface area (Å²) in [5.74, 6) is 2.74. The van der Waals surface area contributed by atoms with E-state index >= 15 is 0 Å². The van der Waals surface area contributed by atoms with Crippen LogP contribution in [0.25, 0.3) is 0 Å². The van der Waals surface area contributed by atoms with Crippen LogP contribution in [0.2, 0.25) is 0 Å². The first-order valence-electron chi connectivity index (χ1n) is 8.20. The molecule has 1 aliphatic heterocycles. The van der Waals surface area contributed by atoms with E-state index < -0.39 is 0 Å². The molecule has 1 N–H and O–H groups in total. The van der Waals surface area contributed by atoms with E-state index in [4.69, 9.17) is 0 Å². The molecule has 18 heavy (non-hydrogen) atoms. The van der Waals surface area contributed by atoms with Gasteiger partial charge in [0.25, 0.3) is 0 Å². The Balaban J connectivity index is 2.22. The molecule has 1 fully saturated rings. The van der Waals surface area contributed by atoms with Crippen molar-refractivity contribution >= 4 is 11.8 Å². The summed E-state index contributed by atoms with van der Waals surface area (Å²) >= 11 is 2.13. The molecule has 0 amide bonds. The minimum atomic E-state index is 0.802. The van der Waals surface area contributed by atoms with Crippen LogP contribution in [0.4, 0.5) is 0 Å². The fraction of sp³-hybridized carbons (Fsp3) is 1.00. The third-order valence-corrected chi connectivity index (χ3v) is 5.05. The van der Waals surface area contributed by atoms with Crippen molar-refractivity contribution in [2.75, 3.05) is 11.5 Å². The van der Waals surface area contributed by atoms with Crippen LogP contribution in [-0.2, 0) is 0 Å². The minimum absolute atomic E-state index is 0.802. The molecule has 1 rings (SSSR count). The molecular formula is C16H33NS. The van der Waals surface area contributed by atoms with Gasteiger partial charge in [0.05, 0.1) is 0 Å². The minimum Gasteiger partial charge on any atom is -0.311 e. The maximum absolute atomic E-state index is 3.96. The van der Waals surface area contributed by atoms with Gasteiger partial charge in [-0.1, -0.05) is 52.4 Å². The van der Waals surface area contributed by atoms with Crippen molar-refractivity contribution in [2.45, 2.75) is 90.1 Å². The van der Waals surface area contributed by atoms with Crippen LogP contribution < -0.4 is 5.32 Å². The zero-order valence-corrected chi connectivity index (χ0v) is 13.4. The molecule has 0 saturated carbocycles. The van der Waals surface area contributed by atoms with Crippen LogP contribution in [0.1, 0.15) is 78.1 Å². The summed E-state index contributed by atoms with van der Waals surface area (Å²) < 4.78 is 0. The Hall–Kier alpha value is 0.310. The van der Waals surface area contributed by atoms with Crippen LogP contribution in [-0.4, -0.2) is 23.6 Å². The van der Waals surface area contributed by atoms with Crippen LogP contribution >= 0.6 is 11.8 Å². The molecule has 1 nitrogen and oxygen atoms in total. The summed E-state index contributed by atoms with van der Waals surface area (Å²) in [5, 5.41) is 3.96. The predicted octanol–water partition coefficient (Wildman–Crippen LogP) is 5.00. The Morgan fingerprint density at radius 2 is 1.50 bits per heavy atom. The highest BCUT2D eigenvalue weighted by Gasteiger charge is 2.17. The molecule has 0 radical (unpaired) electrons. The molecule has 0 aliphatic carbocycles. The summed E-state index contributed by atoms with van der Waals surface area (Å²) in [6.07, 6.45) is 13.9. The van der Waals surface area contributed by atoms with E-state index in [9.17, 15) is 0 Å². The van der Waals surface area contributed by atoms with Crippen molar-refractivity contribution in [1.29, 1.82) is 0 Å². The normalized spacial score (nSPS) is 17.5. The smallest absolute Gasteiger partial charge is 0.00853 e. The first-order valence-corrected chi connectivity index (χ1v) is 9.36. The second-order valence-electron chi connectivity index (χ2n) is 5.74. The highest BCUT2D eigenvalue weighted by Crippen LogP contribution is 2.19. The molecule has 0 bridgehead atoms. The van der Waals surface area contributed by atoms with Gasteiger partial charge >= 0.3 is 0 Å². The standard InChI is InChI=1S/C16H33NS/c1-3-5-7-9-15(10-8-6-4-2)17-16-11-13-18-14-12-16/h15-17H,3-14H2,1-2H3. The predicted molar refractivity (Wildman–Crippen MR) is 85.6 cm³/mol. The van der Waals surface area contributed by atoms with Gasteiger partial charge in [0.1, 0.15) is 0 Å². The average Bonchev–Trinajstić information content (AvgIpc) is 2.40. The number of hydrogen-bond acceptors (Lipinski definition) is 2. The van der Waals surface area contributed by atoms with E-state index in [1.165, 1.54) is 75.7 Å². The number of unbranched alkanes of at least 4 members (excludes halogenated alkanes) is 4. The molecule has 1 aliphatic rings. The van der Waals surface area contributed by atoms with E-state index in [1.54, 1.807) is 0 Å². The fourth-order valence-electron chi connectivity index (χ4n) is 2.79. The van der Waals surface area contributed by atoms with Crippen molar-refractivity contribution in [1.82, 2.24) is 5.32 Å². The van der Waals surface area contributed by atoms with E-state index in [0.29, 0.717) is 0 Å². The first kappa shape index (κ1) is 16.4. The third kappa shape index (κ3) is 7.68. The Bertz CT molecular complexity index is 168. The summed E-state index contributed by atoms with van der Waals surface area (Å²) in [7, 11) is 0. The van der Waals surface area contributed by atoms with E-state index in [2.05, 4.69) is 30.9 Å². The van der Waals surface area contributed by atoms with Crippen LogP contribution in [0, 0.1) is 0 Å². The average molecular weight is 272 g/mol. The lowest BCUT2D eigenvalue weighted by Gasteiger charge is -2.28. The van der Waals surface area contributed by atoms with Crippen molar-refractivity contribution in [3.63, 3.8) is 0 Å². The van der Waals surface area contributed by atoms with Crippen LogP contribution in [0.3, 0.4) is 0 Å². The molecule has 0 aromatic rings. The van der Waals surface area contributed by atoms with Gasteiger partial charge in [0.15, 0.2) is 0 Å². The van der Waals surface area contributed by atoms with Gasteiger partial charge in [0.2, 0.25) is 0 Å². The van der Waals surface area contributed by atoms with Crippen LogP contribution in [0.15, 0.2) is 0 Å². The molecule has 0 unspecified atom stereocenters. The molecule has 108 valence electrons. The lowest BCUT2D eigenvalue weighted by atomic mass is 10.00. The van der Waals surface area contributed by atoms with Gasteiger partial charge in [-0.3, -0.25) is 0 Å². The molecule has 0 atom stereocenters. The molecular weight excluding hydrogens is 238 g/mol. The number of hydrogen-bond donors (Lipinski definition) is 1. The molecule has 0 aromatic heterocycles. The molecule has 1 heterocycles. The van der Waals surface area contributed by atoms with Gasteiger partial charge in [-0.2, -0.15) is 11.8 Å². The summed E-state index contributed by atoms with van der Waals surface area (Å²) in [6, 6.07) is 1.62. The molecule has 1 saturated heterocycles. The van der Waals surface area contributed by atoms with E-state index in [-0.39, 0.29) is 0 Å². The van der Waals surface area contributed by atoms with Crippen LogP contribution in [0.5, 0.6) is 0 Å². The molecule has 0 aromatic carbocycles. The highest BCUT2D eigenvalue weighted by atomic mass is 32.2. The zero-order valence-electron chi connectivity index (χ0n) is 12.5. The number of nitrogens with one attached hydrogen (secondary N) is 1. The van der Waals surface area contributed by atoms with Gasteiger partial charge in [0, 0.05) is 12.1 Å². The Kier molecular flexibility index (Phi) is 10.1. The Morgan fingerprint density at radius 1 is 0.944 bits per heavy atom. The highest BCUT2D eigenvalue weighted by molar-refractivity contribution is 7.99. The monoisotopic (exact) mass is 271 g/mol. The zero-order chi connectivity index (χ0) is 13.1. The Labute approximate surface area is 119 Å². The lowest BCUT2D eigenvalue weighted by Crippen LogP contribution is -2.40. The van der Waals surface area contributed by atoms with Gasteiger partial charge < -0.3 is 5.32 Å². The summed E-state index contributed by atoms with van der Waals surface area (Å²) in [5.41, 5.74) is 0. The third-order valence-electron chi connectivity index (χ3n) is 4.00. The SMILES string of the molecule is CCCCCC(CCCCC)NC1CCSCC1. The number of rotatable bonds is 10. The van der Waals surface area contributed by atoms with E-state index in [1.807, 2.05) is 0 Å². The largest absolute Gasteiger partial charge is 0.311 e. The van der Waals surface area contributed by atoms with Crippen molar-refractivity contribution < 1.29 is 0 Å².